The first-order chi connectivity index (χ1) is 16.2. The van der Waals surface area contributed by atoms with Crippen LogP contribution in [0.15, 0.2) is 78.9 Å². The van der Waals surface area contributed by atoms with Gasteiger partial charge < -0.3 is 10.1 Å². The Bertz CT molecular complexity index is 1010. The van der Waals surface area contributed by atoms with Crippen LogP contribution in [-0.2, 0) is 19.4 Å². The summed E-state index contributed by atoms with van der Waals surface area (Å²) in [6.07, 6.45) is 4.31. The SMILES string of the molecule is COc1cccc2c1CC(CN(CCCNC(=O)c1ccccc1)Cc1ccccc1)CC2. The van der Waals surface area contributed by atoms with Gasteiger partial charge in [-0.2, -0.15) is 0 Å². The van der Waals surface area contributed by atoms with Crippen LogP contribution in [-0.4, -0.2) is 37.6 Å². The number of nitrogens with one attached hydrogen (secondary N) is 1. The molecule has 4 rings (SSSR count). The lowest BCUT2D eigenvalue weighted by Gasteiger charge is -2.31. The molecule has 4 nitrogen and oxygen atoms in total. The molecule has 172 valence electrons. The molecule has 4 heteroatoms. The molecule has 0 heterocycles. The van der Waals surface area contributed by atoms with E-state index < -0.39 is 0 Å². The van der Waals surface area contributed by atoms with E-state index in [1.165, 1.54) is 23.1 Å². The lowest BCUT2D eigenvalue weighted by molar-refractivity contribution is 0.0950. The molecule has 1 aliphatic rings. The fourth-order valence-electron chi connectivity index (χ4n) is 4.81. The summed E-state index contributed by atoms with van der Waals surface area (Å²) in [4.78, 5) is 14.9. The van der Waals surface area contributed by atoms with Gasteiger partial charge in [-0.15, -0.1) is 0 Å². The molecule has 1 unspecified atom stereocenters. The summed E-state index contributed by atoms with van der Waals surface area (Å²) in [7, 11) is 1.77. The second kappa shape index (κ2) is 11.7. The third-order valence-electron chi connectivity index (χ3n) is 6.50. The molecule has 0 saturated carbocycles. The number of rotatable bonds is 10. The number of hydrogen-bond acceptors (Lipinski definition) is 3. The molecule has 0 radical (unpaired) electrons. The molecule has 0 aromatic heterocycles. The minimum Gasteiger partial charge on any atom is -0.496 e. The monoisotopic (exact) mass is 442 g/mol. The summed E-state index contributed by atoms with van der Waals surface area (Å²) >= 11 is 0. The number of hydrogen-bond donors (Lipinski definition) is 1. The fourth-order valence-corrected chi connectivity index (χ4v) is 4.81. The molecule has 3 aromatic rings. The highest BCUT2D eigenvalue weighted by Crippen LogP contribution is 2.32. The highest BCUT2D eigenvalue weighted by atomic mass is 16.5. The van der Waals surface area contributed by atoms with Crippen LogP contribution in [0, 0.1) is 5.92 Å². The number of methoxy groups -OCH3 is 1. The van der Waals surface area contributed by atoms with Crippen molar-refractivity contribution in [1.29, 1.82) is 0 Å². The highest BCUT2D eigenvalue weighted by molar-refractivity contribution is 5.94. The first-order valence-electron chi connectivity index (χ1n) is 12.0. The van der Waals surface area contributed by atoms with Crippen LogP contribution in [0.2, 0.25) is 0 Å². The molecular weight excluding hydrogens is 408 g/mol. The van der Waals surface area contributed by atoms with E-state index in [4.69, 9.17) is 4.74 Å². The summed E-state index contributed by atoms with van der Waals surface area (Å²) in [6.45, 7) is 3.63. The summed E-state index contributed by atoms with van der Waals surface area (Å²) in [5.41, 5.74) is 4.86. The van der Waals surface area contributed by atoms with Gasteiger partial charge in [-0.25, -0.2) is 0 Å². The largest absolute Gasteiger partial charge is 0.496 e. The number of benzene rings is 3. The Morgan fingerprint density at radius 3 is 2.52 bits per heavy atom. The Balaban J connectivity index is 1.35. The van der Waals surface area contributed by atoms with E-state index in [9.17, 15) is 4.79 Å². The number of fused-ring (bicyclic) bond motifs is 1. The van der Waals surface area contributed by atoms with E-state index in [1.54, 1.807) is 7.11 Å². The van der Waals surface area contributed by atoms with Gasteiger partial charge in [0.15, 0.2) is 0 Å². The molecular formula is C29H34N2O2. The summed E-state index contributed by atoms with van der Waals surface area (Å²) < 4.78 is 5.65. The predicted octanol–water partition coefficient (Wildman–Crippen LogP) is 5.12. The van der Waals surface area contributed by atoms with Crippen LogP contribution in [0.4, 0.5) is 0 Å². The van der Waals surface area contributed by atoms with Gasteiger partial charge in [-0.1, -0.05) is 60.7 Å². The van der Waals surface area contributed by atoms with Crippen molar-refractivity contribution in [3.8, 4) is 5.75 Å². The number of carbonyl (C=O) groups is 1. The lowest BCUT2D eigenvalue weighted by Crippen LogP contribution is -2.34. The minimum atomic E-state index is 0.00110. The standard InChI is InChI=1S/C29H34N2O2/c1-33-28-15-8-14-25-17-16-24(20-27(25)28)22-31(21-23-10-4-2-5-11-23)19-9-18-30-29(32)26-12-6-3-7-13-26/h2-8,10-15,24H,9,16-22H2,1H3,(H,30,32). The van der Waals surface area contributed by atoms with Gasteiger partial charge in [0, 0.05) is 31.7 Å². The molecule has 3 aromatic carbocycles. The maximum Gasteiger partial charge on any atom is 0.251 e. The van der Waals surface area contributed by atoms with Gasteiger partial charge in [-0.05, 0) is 66.5 Å². The van der Waals surface area contributed by atoms with Crippen LogP contribution >= 0.6 is 0 Å². The number of aryl methyl sites for hydroxylation is 1. The maximum absolute atomic E-state index is 12.3. The van der Waals surface area contributed by atoms with Crippen molar-refractivity contribution in [2.45, 2.75) is 32.2 Å². The van der Waals surface area contributed by atoms with Gasteiger partial charge in [0.05, 0.1) is 7.11 Å². The molecule has 0 saturated heterocycles. The van der Waals surface area contributed by atoms with Gasteiger partial charge >= 0.3 is 0 Å². The average molecular weight is 443 g/mol. The topological polar surface area (TPSA) is 41.6 Å². The molecule has 0 bridgehead atoms. The van der Waals surface area contributed by atoms with Crippen molar-refractivity contribution >= 4 is 5.91 Å². The second-order valence-corrected chi connectivity index (χ2v) is 8.90. The smallest absolute Gasteiger partial charge is 0.251 e. The Morgan fingerprint density at radius 2 is 1.76 bits per heavy atom. The van der Waals surface area contributed by atoms with Crippen molar-refractivity contribution in [3.63, 3.8) is 0 Å². The van der Waals surface area contributed by atoms with Gasteiger partial charge in [0.25, 0.3) is 5.91 Å². The van der Waals surface area contributed by atoms with Crippen LogP contribution in [0.1, 0.15) is 39.9 Å². The van der Waals surface area contributed by atoms with Crippen molar-refractivity contribution in [3.05, 3.63) is 101 Å². The van der Waals surface area contributed by atoms with E-state index in [2.05, 4.69) is 58.7 Å². The zero-order chi connectivity index (χ0) is 22.9. The van der Waals surface area contributed by atoms with E-state index in [1.807, 2.05) is 30.3 Å². The molecule has 33 heavy (non-hydrogen) atoms. The molecule has 1 amide bonds. The third-order valence-corrected chi connectivity index (χ3v) is 6.50. The third kappa shape index (κ3) is 6.45. The minimum absolute atomic E-state index is 0.00110. The quantitative estimate of drug-likeness (QED) is 0.443. The van der Waals surface area contributed by atoms with Crippen LogP contribution in [0.3, 0.4) is 0 Å². The van der Waals surface area contributed by atoms with Crippen molar-refractivity contribution in [1.82, 2.24) is 10.2 Å². The van der Waals surface area contributed by atoms with E-state index in [-0.39, 0.29) is 5.91 Å². The van der Waals surface area contributed by atoms with Crippen LogP contribution < -0.4 is 10.1 Å². The molecule has 0 spiro atoms. The van der Waals surface area contributed by atoms with E-state index >= 15 is 0 Å². The fraction of sp³-hybridized carbons (Fsp3) is 0.345. The summed E-state index contributed by atoms with van der Waals surface area (Å²) in [5, 5.41) is 3.07. The zero-order valence-corrected chi connectivity index (χ0v) is 19.5. The summed E-state index contributed by atoms with van der Waals surface area (Å²) in [6, 6.07) is 26.5. The van der Waals surface area contributed by atoms with Crippen molar-refractivity contribution in [2.75, 3.05) is 26.7 Å². The van der Waals surface area contributed by atoms with E-state index in [0.29, 0.717) is 18.0 Å². The lowest BCUT2D eigenvalue weighted by atomic mass is 9.83. The first kappa shape index (κ1) is 23.1. The molecule has 1 atom stereocenters. The van der Waals surface area contributed by atoms with E-state index in [0.717, 1.165) is 44.6 Å². The Kier molecular flexibility index (Phi) is 8.15. The summed E-state index contributed by atoms with van der Waals surface area (Å²) in [5.74, 6) is 1.63. The zero-order valence-electron chi connectivity index (χ0n) is 19.5. The van der Waals surface area contributed by atoms with Crippen molar-refractivity contribution in [2.24, 2.45) is 5.92 Å². The Morgan fingerprint density at radius 1 is 1.00 bits per heavy atom. The normalized spacial score (nSPS) is 15.2. The number of nitrogens with zero attached hydrogens (tertiary/aromatic N) is 1. The van der Waals surface area contributed by atoms with Gasteiger partial charge in [0.1, 0.15) is 5.75 Å². The molecule has 0 aliphatic heterocycles. The first-order valence-corrected chi connectivity index (χ1v) is 12.0. The molecule has 1 aliphatic carbocycles. The average Bonchev–Trinajstić information content (AvgIpc) is 2.87. The number of amides is 1. The molecule has 0 fully saturated rings. The predicted molar refractivity (Wildman–Crippen MR) is 134 cm³/mol. The molecule has 1 N–H and O–H groups in total. The van der Waals surface area contributed by atoms with Crippen LogP contribution in [0.25, 0.3) is 0 Å². The Labute approximate surface area is 197 Å². The Hall–Kier alpha value is -3.11. The van der Waals surface area contributed by atoms with Gasteiger partial charge in [0.2, 0.25) is 0 Å². The van der Waals surface area contributed by atoms with Gasteiger partial charge in [-0.3, -0.25) is 9.69 Å². The highest BCUT2D eigenvalue weighted by Gasteiger charge is 2.23. The second-order valence-electron chi connectivity index (χ2n) is 8.90. The van der Waals surface area contributed by atoms with Crippen LogP contribution in [0.5, 0.6) is 5.75 Å². The number of carbonyl (C=O) groups excluding carboxylic acids is 1. The van der Waals surface area contributed by atoms with Crippen molar-refractivity contribution < 1.29 is 9.53 Å². The maximum atomic E-state index is 12.3. The number of ether oxygens (including phenoxy) is 1.